The molecular formula is C14H15N3O4. The van der Waals surface area contributed by atoms with Gasteiger partial charge in [0.05, 0.1) is 39.4 Å². The van der Waals surface area contributed by atoms with E-state index in [4.69, 9.17) is 9.47 Å². The van der Waals surface area contributed by atoms with E-state index in [1.807, 2.05) is 0 Å². The summed E-state index contributed by atoms with van der Waals surface area (Å²) in [6.07, 6.45) is 2.83. The van der Waals surface area contributed by atoms with E-state index in [1.54, 1.807) is 32.4 Å². The molecule has 1 aromatic heterocycles. The maximum atomic E-state index is 11.4. The van der Waals surface area contributed by atoms with E-state index in [1.165, 1.54) is 19.5 Å². The van der Waals surface area contributed by atoms with Gasteiger partial charge in [0.1, 0.15) is 17.3 Å². The third-order valence-corrected chi connectivity index (χ3v) is 2.70. The molecule has 7 nitrogen and oxygen atoms in total. The molecule has 0 fully saturated rings. The van der Waals surface area contributed by atoms with Crippen molar-refractivity contribution in [3.05, 3.63) is 36.3 Å². The Morgan fingerprint density at radius 1 is 1.14 bits per heavy atom. The van der Waals surface area contributed by atoms with E-state index in [-0.39, 0.29) is 5.69 Å². The molecule has 0 amide bonds. The first-order chi connectivity index (χ1) is 10.2. The summed E-state index contributed by atoms with van der Waals surface area (Å²) in [4.78, 5) is 19.5. The summed E-state index contributed by atoms with van der Waals surface area (Å²) in [6.45, 7) is 0. The van der Waals surface area contributed by atoms with E-state index in [0.717, 1.165) is 0 Å². The van der Waals surface area contributed by atoms with Gasteiger partial charge < -0.3 is 19.5 Å². The van der Waals surface area contributed by atoms with Gasteiger partial charge in [-0.15, -0.1) is 0 Å². The monoisotopic (exact) mass is 289 g/mol. The van der Waals surface area contributed by atoms with E-state index in [2.05, 4.69) is 20.0 Å². The van der Waals surface area contributed by atoms with Gasteiger partial charge in [-0.2, -0.15) is 0 Å². The van der Waals surface area contributed by atoms with Gasteiger partial charge in [-0.05, 0) is 12.1 Å². The first-order valence-corrected chi connectivity index (χ1v) is 6.07. The molecule has 2 aromatic rings. The number of nitrogens with one attached hydrogen (secondary N) is 1. The minimum atomic E-state index is -0.548. The fourth-order valence-corrected chi connectivity index (χ4v) is 1.67. The summed E-state index contributed by atoms with van der Waals surface area (Å²) in [6, 6.07) is 5.30. The SMILES string of the molecule is COC(=O)c1cncc(Nc2ccc(OC)cc2OC)n1. The van der Waals surface area contributed by atoms with E-state index < -0.39 is 5.97 Å². The van der Waals surface area contributed by atoms with Crippen molar-refractivity contribution in [1.29, 1.82) is 0 Å². The highest BCUT2D eigenvalue weighted by atomic mass is 16.5. The quantitative estimate of drug-likeness (QED) is 0.843. The maximum Gasteiger partial charge on any atom is 0.358 e. The number of ether oxygens (including phenoxy) is 3. The number of benzene rings is 1. The molecule has 0 saturated heterocycles. The average molecular weight is 289 g/mol. The molecule has 0 radical (unpaired) electrons. The molecule has 1 aromatic carbocycles. The molecule has 0 aliphatic carbocycles. The Bertz CT molecular complexity index is 646. The molecule has 0 aliphatic rings. The third-order valence-electron chi connectivity index (χ3n) is 2.70. The van der Waals surface area contributed by atoms with Crippen LogP contribution in [0.2, 0.25) is 0 Å². The van der Waals surface area contributed by atoms with Crippen molar-refractivity contribution in [2.45, 2.75) is 0 Å². The van der Waals surface area contributed by atoms with Crippen molar-refractivity contribution < 1.29 is 19.0 Å². The van der Waals surface area contributed by atoms with Crippen LogP contribution in [0, 0.1) is 0 Å². The number of carbonyl (C=O) groups excluding carboxylic acids is 1. The summed E-state index contributed by atoms with van der Waals surface area (Å²) in [5.74, 6) is 1.11. The number of anilines is 2. The Morgan fingerprint density at radius 2 is 1.95 bits per heavy atom. The molecular weight excluding hydrogens is 274 g/mol. The lowest BCUT2D eigenvalue weighted by Crippen LogP contribution is -2.07. The van der Waals surface area contributed by atoms with Gasteiger partial charge >= 0.3 is 5.97 Å². The molecule has 0 bridgehead atoms. The van der Waals surface area contributed by atoms with Crippen LogP contribution in [0.4, 0.5) is 11.5 Å². The van der Waals surface area contributed by atoms with Crippen LogP contribution >= 0.6 is 0 Å². The zero-order valence-corrected chi connectivity index (χ0v) is 11.9. The molecule has 0 atom stereocenters. The Balaban J connectivity index is 2.27. The number of hydrogen-bond acceptors (Lipinski definition) is 7. The number of rotatable bonds is 5. The number of nitrogens with zero attached hydrogens (tertiary/aromatic N) is 2. The van der Waals surface area contributed by atoms with Crippen molar-refractivity contribution in [3.63, 3.8) is 0 Å². The first kappa shape index (κ1) is 14.6. The van der Waals surface area contributed by atoms with Gasteiger partial charge in [0, 0.05) is 6.07 Å². The van der Waals surface area contributed by atoms with Gasteiger partial charge in [-0.25, -0.2) is 9.78 Å². The predicted molar refractivity (Wildman–Crippen MR) is 76.2 cm³/mol. The Hall–Kier alpha value is -2.83. The van der Waals surface area contributed by atoms with Crippen LogP contribution < -0.4 is 14.8 Å². The molecule has 7 heteroatoms. The standard InChI is InChI=1S/C14H15N3O4/c1-19-9-4-5-10(12(6-9)20-2)16-13-8-15-7-11(17-13)14(18)21-3/h4-8H,1-3H3,(H,16,17). The molecule has 21 heavy (non-hydrogen) atoms. The topological polar surface area (TPSA) is 82.6 Å². The number of aromatic nitrogens is 2. The predicted octanol–water partition coefficient (Wildman–Crippen LogP) is 2.02. The second-order valence-electron chi connectivity index (χ2n) is 3.97. The van der Waals surface area contributed by atoms with Gasteiger partial charge in [0.25, 0.3) is 0 Å². The summed E-state index contributed by atoms with van der Waals surface area (Å²) in [5.41, 5.74) is 0.796. The van der Waals surface area contributed by atoms with Gasteiger partial charge in [-0.1, -0.05) is 0 Å². The van der Waals surface area contributed by atoms with Crippen LogP contribution in [0.3, 0.4) is 0 Å². The summed E-state index contributed by atoms with van der Waals surface area (Å²) in [5, 5.41) is 3.03. The lowest BCUT2D eigenvalue weighted by atomic mass is 10.2. The fraction of sp³-hybridized carbons (Fsp3) is 0.214. The Morgan fingerprint density at radius 3 is 2.62 bits per heavy atom. The molecule has 110 valence electrons. The van der Waals surface area contributed by atoms with Crippen molar-refractivity contribution in [2.75, 3.05) is 26.6 Å². The summed E-state index contributed by atoms with van der Waals surface area (Å²) in [7, 11) is 4.42. The summed E-state index contributed by atoms with van der Waals surface area (Å²) < 4.78 is 15.0. The molecule has 1 heterocycles. The van der Waals surface area contributed by atoms with Crippen molar-refractivity contribution >= 4 is 17.5 Å². The van der Waals surface area contributed by atoms with Crippen LogP contribution in [0.1, 0.15) is 10.5 Å². The van der Waals surface area contributed by atoms with Crippen LogP contribution in [0.25, 0.3) is 0 Å². The van der Waals surface area contributed by atoms with Gasteiger partial charge in [-0.3, -0.25) is 4.98 Å². The zero-order valence-electron chi connectivity index (χ0n) is 11.9. The number of methoxy groups -OCH3 is 3. The molecule has 0 unspecified atom stereocenters. The van der Waals surface area contributed by atoms with E-state index in [0.29, 0.717) is 23.0 Å². The first-order valence-electron chi connectivity index (χ1n) is 6.07. The highest BCUT2D eigenvalue weighted by Gasteiger charge is 2.10. The van der Waals surface area contributed by atoms with Crippen molar-refractivity contribution in [1.82, 2.24) is 9.97 Å². The lowest BCUT2D eigenvalue weighted by Gasteiger charge is -2.12. The van der Waals surface area contributed by atoms with Gasteiger partial charge in [0.15, 0.2) is 5.69 Å². The number of carbonyl (C=O) groups is 1. The molecule has 2 rings (SSSR count). The lowest BCUT2D eigenvalue weighted by molar-refractivity contribution is 0.0593. The van der Waals surface area contributed by atoms with Crippen molar-refractivity contribution in [3.8, 4) is 11.5 Å². The normalized spacial score (nSPS) is 9.86. The molecule has 1 N–H and O–H groups in total. The average Bonchev–Trinajstić information content (AvgIpc) is 2.54. The smallest absolute Gasteiger partial charge is 0.358 e. The molecule has 0 saturated carbocycles. The largest absolute Gasteiger partial charge is 0.497 e. The van der Waals surface area contributed by atoms with Crippen LogP contribution in [-0.4, -0.2) is 37.3 Å². The van der Waals surface area contributed by atoms with E-state index >= 15 is 0 Å². The van der Waals surface area contributed by atoms with E-state index in [9.17, 15) is 4.79 Å². The van der Waals surface area contributed by atoms with Crippen LogP contribution in [-0.2, 0) is 4.74 Å². The Labute approximate surface area is 121 Å². The minimum absolute atomic E-state index is 0.120. The maximum absolute atomic E-state index is 11.4. The van der Waals surface area contributed by atoms with Gasteiger partial charge in [0.2, 0.25) is 0 Å². The second-order valence-corrected chi connectivity index (χ2v) is 3.97. The fourth-order valence-electron chi connectivity index (χ4n) is 1.67. The summed E-state index contributed by atoms with van der Waals surface area (Å²) >= 11 is 0. The van der Waals surface area contributed by atoms with Crippen molar-refractivity contribution in [2.24, 2.45) is 0 Å². The molecule has 0 aliphatic heterocycles. The van der Waals surface area contributed by atoms with Crippen LogP contribution in [0.15, 0.2) is 30.6 Å². The number of esters is 1. The third kappa shape index (κ3) is 3.38. The minimum Gasteiger partial charge on any atom is -0.497 e. The van der Waals surface area contributed by atoms with Crippen LogP contribution in [0.5, 0.6) is 11.5 Å². The molecule has 0 spiro atoms. The zero-order chi connectivity index (χ0) is 15.2. The second kappa shape index (κ2) is 6.56. The Kier molecular flexibility index (Phi) is 4.55. The highest BCUT2D eigenvalue weighted by Crippen LogP contribution is 2.30. The highest BCUT2D eigenvalue weighted by molar-refractivity contribution is 5.87. The number of hydrogen-bond donors (Lipinski definition) is 1.